The fraction of sp³-hybridized carbons (Fsp3) is 0.158. The molecule has 4 rings (SSSR count). The van der Waals surface area contributed by atoms with Crippen LogP contribution in [0.3, 0.4) is 0 Å². The molecule has 118 valence electrons. The minimum Gasteiger partial charge on any atom is -0.497 e. The largest absolute Gasteiger partial charge is 0.497 e. The molecule has 0 radical (unpaired) electrons. The standard InChI is InChI=1S/C19H18N2O.HI/c1-11-8-18-19(15-9-12(20-2)4-6-14(11)15)16-10-13(22-3)5-7-17(16)21-18;/h4-10,20-21H,1-3H3;1H. The van der Waals surface area contributed by atoms with Gasteiger partial charge in [0.25, 0.3) is 0 Å². The Morgan fingerprint density at radius 3 is 2.48 bits per heavy atom. The lowest BCUT2D eigenvalue weighted by atomic mass is 9.99. The van der Waals surface area contributed by atoms with Gasteiger partial charge in [0.2, 0.25) is 0 Å². The number of aromatic nitrogens is 1. The SMILES string of the molecule is CNc1ccc2c(C)cc3[nH]c4ccc(OC)cc4c3c2c1.I. The molecule has 0 fully saturated rings. The highest BCUT2D eigenvalue weighted by molar-refractivity contribution is 14.0. The Labute approximate surface area is 152 Å². The molecule has 0 atom stereocenters. The van der Waals surface area contributed by atoms with Crippen LogP contribution in [0.25, 0.3) is 32.6 Å². The topological polar surface area (TPSA) is 37.0 Å². The Hall–Kier alpha value is -1.95. The van der Waals surface area contributed by atoms with Crippen LogP contribution in [0.5, 0.6) is 5.75 Å². The Bertz CT molecular complexity index is 1020. The van der Waals surface area contributed by atoms with E-state index in [0.29, 0.717) is 0 Å². The number of halogens is 1. The summed E-state index contributed by atoms with van der Waals surface area (Å²) in [4.78, 5) is 3.52. The first-order valence-electron chi connectivity index (χ1n) is 7.42. The summed E-state index contributed by atoms with van der Waals surface area (Å²) < 4.78 is 5.40. The number of methoxy groups -OCH3 is 1. The lowest BCUT2D eigenvalue weighted by molar-refractivity contribution is 0.415. The molecule has 0 aliphatic heterocycles. The van der Waals surface area contributed by atoms with Gasteiger partial charge in [-0.05, 0) is 59.7 Å². The molecule has 23 heavy (non-hydrogen) atoms. The normalized spacial score (nSPS) is 10.9. The molecule has 0 saturated heterocycles. The van der Waals surface area contributed by atoms with Gasteiger partial charge in [-0.25, -0.2) is 0 Å². The van der Waals surface area contributed by atoms with Gasteiger partial charge in [-0.15, -0.1) is 24.0 Å². The Morgan fingerprint density at radius 2 is 1.74 bits per heavy atom. The molecule has 4 heteroatoms. The zero-order valence-corrected chi connectivity index (χ0v) is 15.7. The van der Waals surface area contributed by atoms with Crippen molar-refractivity contribution in [3.8, 4) is 5.75 Å². The van der Waals surface area contributed by atoms with Crippen molar-refractivity contribution in [3.05, 3.63) is 48.0 Å². The fourth-order valence-electron chi connectivity index (χ4n) is 3.26. The van der Waals surface area contributed by atoms with E-state index in [1.807, 2.05) is 13.1 Å². The number of H-pyrrole nitrogens is 1. The van der Waals surface area contributed by atoms with Crippen LogP contribution in [0, 0.1) is 6.92 Å². The van der Waals surface area contributed by atoms with Crippen molar-refractivity contribution >= 4 is 62.2 Å². The summed E-state index contributed by atoms with van der Waals surface area (Å²) >= 11 is 0. The van der Waals surface area contributed by atoms with Gasteiger partial charge in [0, 0.05) is 34.5 Å². The van der Waals surface area contributed by atoms with Crippen LogP contribution in [-0.2, 0) is 0 Å². The van der Waals surface area contributed by atoms with E-state index >= 15 is 0 Å². The Morgan fingerprint density at radius 1 is 0.913 bits per heavy atom. The first kappa shape index (κ1) is 15.9. The van der Waals surface area contributed by atoms with Gasteiger partial charge < -0.3 is 15.0 Å². The first-order chi connectivity index (χ1) is 10.7. The number of aromatic amines is 1. The lowest BCUT2D eigenvalue weighted by Crippen LogP contribution is -1.88. The molecule has 0 aliphatic carbocycles. The van der Waals surface area contributed by atoms with Gasteiger partial charge in [0.05, 0.1) is 7.11 Å². The zero-order valence-electron chi connectivity index (χ0n) is 13.4. The van der Waals surface area contributed by atoms with Crippen molar-refractivity contribution in [2.75, 3.05) is 19.5 Å². The van der Waals surface area contributed by atoms with Gasteiger partial charge in [-0.2, -0.15) is 0 Å². The smallest absolute Gasteiger partial charge is 0.119 e. The van der Waals surface area contributed by atoms with E-state index in [0.717, 1.165) is 17.0 Å². The lowest BCUT2D eigenvalue weighted by Gasteiger charge is -2.08. The molecule has 0 amide bonds. The second kappa shape index (κ2) is 5.92. The number of hydrogen-bond donors (Lipinski definition) is 2. The average Bonchev–Trinajstić information content (AvgIpc) is 2.91. The third-order valence-electron chi connectivity index (χ3n) is 4.40. The molecule has 3 nitrogen and oxygen atoms in total. The van der Waals surface area contributed by atoms with Crippen LogP contribution < -0.4 is 10.1 Å². The maximum absolute atomic E-state index is 5.40. The first-order valence-corrected chi connectivity index (χ1v) is 7.42. The van der Waals surface area contributed by atoms with Crippen LogP contribution >= 0.6 is 24.0 Å². The maximum atomic E-state index is 5.40. The quantitative estimate of drug-likeness (QED) is 0.425. The van der Waals surface area contributed by atoms with Crippen LogP contribution in [0.4, 0.5) is 5.69 Å². The second-order valence-corrected chi connectivity index (χ2v) is 5.66. The highest BCUT2D eigenvalue weighted by atomic mass is 127. The molecule has 0 bridgehead atoms. The number of anilines is 1. The molecule has 4 aromatic rings. The van der Waals surface area contributed by atoms with Crippen molar-refractivity contribution in [2.45, 2.75) is 6.92 Å². The summed E-state index contributed by atoms with van der Waals surface area (Å²) in [6.07, 6.45) is 0. The molecule has 0 saturated carbocycles. The molecule has 3 aromatic carbocycles. The van der Waals surface area contributed by atoms with E-state index in [2.05, 4.69) is 53.6 Å². The monoisotopic (exact) mass is 418 g/mol. The number of nitrogens with one attached hydrogen (secondary N) is 2. The Kier molecular flexibility index (Phi) is 4.10. The third-order valence-corrected chi connectivity index (χ3v) is 4.40. The van der Waals surface area contributed by atoms with Gasteiger partial charge >= 0.3 is 0 Å². The van der Waals surface area contributed by atoms with Gasteiger partial charge in [0.15, 0.2) is 0 Å². The summed E-state index contributed by atoms with van der Waals surface area (Å²) in [7, 11) is 3.66. The molecule has 0 spiro atoms. The van der Waals surface area contributed by atoms with E-state index in [4.69, 9.17) is 4.74 Å². The summed E-state index contributed by atoms with van der Waals surface area (Å²) in [6.45, 7) is 2.16. The number of benzene rings is 3. The molecular formula is C19H19IN2O. The van der Waals surface area contributed by atoms with Gasteiger partial charge in [0.1, 0.15) is 5.75 Å². The summed E-state index contributed by atoms with van der Waals surface area (Å²) in [5.41, 5.74) is 4.71. The van der Waals surface area contributed by atoms with Crippen LogP contribution in [0.1, 0.15) is 5.56 Å². The van der Waals surface area contributed by atoms with Gasteiger partial charge in [-0.3, -0.25) is 0 Å². The fourth-order valence-corrected chi connectivity index (χ4v) is 3.26. The summed E-state index contributed by atoms with van der Waals surface area (Å²) in [6, 6.07) is 14.9. The predicted octanol–water partition coefficient (Wildman–Crippen LogP) is 5.45. The van der Waals surface area contributed by atoms with Gasteiger partial charge in [-0.1, -0.05) is 6.07 Å². The number of aryl methyl sites for hydroxylation is 1. The van der Waals surface area contributed by atoms with Crippen molar-refractivity contribution in [1.82, 2.24) is 4.98 Å². The van der Waals surface area contributed by atoms with Crippen LogP contribution in [0.2, 0.25) is 0 Å². The van der Waals surface area contributed by atoms with E-state index in [1.54, 1.807) is 7.11 Å². The minimum atomic E-state index is 0. The van der Waals surface area contributed by atoms with Crippen molar-refractivity contribution in [2.24, 2.45) is 0 Å². The van der Waals surface area contributed by atoms with Crippen LogP contribution in [-0.4, -0.2) is 19.1 Å². The number of rotatable bonds is 2. The molecule has 1 heterocycles. The average molecular weight is 418 g/mol. The number of ether oxygens (including phenoxy) is 1. The molecular weight excluding hydrogens is 399 g/mol. The molecule has 1 aromatic heterocycles. The predicted molar refractivity (Wildman–Crippen MR) is 110 cm³/mol. The maximum Gasteiger partial charge on any atom is 0.119 e. The van der Waals surface area contributed by atoms with Crippen LogP contribution in [0.15, 0.2) is 42.5 Å². The molecule has 2 N–H and O–H groups in total. The third kappa shape index (κ3) is 2.41. The van der Waals surface area contributed by atoms with Crippen molar-refractivity contribution in [1.29, 1.82) is 0 Å². The van der Waals surface area contributed by atoms with E-state index in [1.165, 1.54) is 32.6 Å². The van der Waals surface area contributed by atoms with E-state index in [-0.39, 0.29) is 24.0 Å². The number of fused-ring (bicyclic) bond motifs is 5. The summed E-state index contributed by atoms with van der Waals surface area (Å²) in [5.74, 6) is 0.881. The van der Waals surface area contributed by atoms with Crippen molar-refractivity contribution < 1.29 is 4.74 Å². The van der Waals surface area contributed by atoms with E-state index in [9.17, 15) is 0 Å². The van der Waals surface area contributed by atoms with E-state index < -0.39 is 0 Å². The minimum absolute atomic E-state index is 0. The zero-order chi connectivity index (χ0) is 15.3. The Balaban J connectivity index is 0.00000156. The summed E-state index contributed by atoms with van der Waals surface area (Å²) in [5, 5.41) is 8.24. The second-order valence-electron chi connectivity index (χ2n) is 5.66. The highest BCUT2D eigenvalue weighted by Crippen LogP contribution is 2.36. The number of hydrogen-bond acceptors (Lipinski definition) is 2. The molecule has 0 aliphatic rings. The molecule has 0 unspecified atom stereocenters. The highest BCUT2D eigenvalue weighted by Gasteiger charge is 2.11. The van der Waals surface area contributed by atoms with Crippen molar-refractivity contribution in [3.63, 3.8) is 0 Å².